The first kappa shape index (κ1) is 16.5. The van der Waals surface area contributed by atoms with Crippen molar-refractivity contribution in [2.24, 2.45) is 0 Å². The van der Waals surface area contributed by atoms with Crippen molar-refractivity contribution in [2.45, 2.75) is 27.2 Å². The molecule has 0 fully saturated rings. The molecule has 2 heterocycles. The molecule has 0 saturated carbocycles. The summed E-state index contributed by atoms with van der Waals surface area (Å²) in [6.07, 6.45) is 0.813. The van der Waals surface area contributed by atoms with Crippen LogP contribution in [0.15, 0.2) is 42.5 Å². The van der Waals surface area contributed by atoms with E-state index in [2.05, 4.69) is 47.7 Å². The predicted molar refractivity (Wildman–Crippen MR) is 98.1 cm³/mol. The zero-order valence-electron chi connectivity index (χ0n) is 14.2. The van der Waals surface area contributed by atoms with E-state index in [1.54, 1.807) is 0 Å². The average molecular weight is 339 g/mol. The van der Waals surface area contributed by atoms with Crippen LogP contribution in [0.5, 0.6) is 0 Å². The summed E-state index contributed by atoms with van der Waals surface area (Å²) in [5.41, 5.74) is 4.40. The fraction of sp³-hybridized carbons (Fsp3) is 0.263. The second-order valence-electron chi connectivity index (χ2n) is 5.92. The summed E-state index contributed by atoms with van der Waals surface area (Å²) in [6, 6.07) is 14.2. The van der Waals surface area contributed by atoms with Crippen LogP contribution >= 0.6 is 11.3 Å². The van der Waals surface area contributed by atoms with E-state index in [9.17, 15) is 4.79 Å². The van der Waals surface area contributed by atoms with Crippen molar-refractivity contribution >= 4 is 17.2 Å². The standard InChI is InChI=1S/C19H21N3OS/c1-13-12-14(2)22(21-13)17-7-5-16(6-8-17)10-11-20-19(23)18-9-4-15(3)24-18/h4-9,12H,10-11H2,1-3H3,(H,20,23). The number of hydrogen-bond donors (Lipinski definition) is 1. The van der Waals surface area contributed by atoms with Crippen LogP contribution in [-0.4, -0.2) is 22.2 Å². The van der Waals surface area contributed by atoms with Crippen molar-refractivity contribution in [3.63, 3.8) is 0 Å². The highest BCUT2D eigenvalue weighted by molar-refractivity contribution is 7.13. The Morgan fingerprint density at radius 2 is 1.88 bits per heavy atom. The van der Waals surface area contributed by atoms with Crippen LogP contribution in [0.1, 0.15) is 31.5 Å². The number of hydrogen-bond acceptors (Lipinski definition) is 3. The lowest BCUT2D eigenvalue weighted by Crippen LogP contribution is -2.24. The first-order valence-electron chi connectivity index (χ1n) is 8.00. The third kappa shape index (κ3) is 3.74. The lowest BCUT2D eigenvalue weighted by atomic mass is 10.1. The molecule has 0 aliphatic heterocycles. The third-order valence-corrected chi connectivity index (χ3v) is 4.85. The topological polar surface area (TPSA) is 46.9 Å². The fourth-order valence-electron chi connectivity index (χ4n) is 2.66. The van der Waals surface area contributed by atoms with E-state index in [1.807, 2.05) is 30.7 Å². The second kappa shape index (κ2) is 7.01. The van der Waals surface area contributed by atoms with E-state index < -0.39 is 0 Å². The minimum atomic E-state index is 0.00682. The van der Waals surface area contributed by atoms with E-state index in [1.165, 1.54) is 16.9 Å². The van der Waals surface area contributed by atoms with E-state index >= 15 is 0 Å². The van der Waals surface area contributed by atoms with Crippen molar-refractivity contribution in [3.8, 4) is 5.69 Å². The number of thiophene rings is 1. The lowest BCUT2D eigenvalue weighted by molar-refractivity contribution is 0.0958. The number of carbonyl (C=O) groups is 1. The zero-order chi connectivity index (χ0) is 17.1. The summed E-state index contributed by atoms with van der Waals surface area (Å²) in [5.74, 6) is 0.00682. The molecule has 0 saturated heterocycles. The Kier molecular flexibility index (Phi) is 4.81. The Hall–Kier alpha value is -2.40. The first-order chi connectivity index (χ1) is 11.5. The molecule has 3 aromatic rings. The van der Waals surface area contributed by atoms with E-state index in [4.69, 9.17) is 0 Å². The number of aryl methyl sites for hydroxylation is 3. The van der Waals surface area contributed by atoms with Gasteiger partial charge in [0, 0.05) is 17.1 Å². The highest BCUT2D eigenvalue weighted by atomic mass is 32.1. The molecule has 0 atom stereocenters. The van der Waals surface area contributed by atoms with Gasteiger partial charge in [-0.15, -0.1) is 11.3 Å². The van der Waals surface area contributed by atoms with Crippen LogP contribution in [0.4, 0.5) is 0 Å². The maximum atomic E-state index is 12.0. The van der Waals surface area contributed by atoms with Gasteiger partial charge in [0.15, 0.2) is 0 Å². The van der Waals surface area contributed by atoms with Gasteiger partial charge in [-0.25, -0.2) is 4.68 Å². The molecule has 0 aliphatic carbocycles. The second-order valence-corrected chi connectivity index (χ2v) is 7.21. The van der Waals surface area contributed by atoms with Crippen LogP contribution in [-0.2, 0) is 6.42 Å². The molecule has 2 aromatic heterocycles. The van der Waals surface area contributed by atoms with E-state index in [0.717, 1.165) is 33.3 Å². The molecule has 1 amide bonds. The molecule has 0 aliphatic rings. The highest BCUT2D eigenvalue weighted by Crippen LogP contribution is 2.15. The van der Waals surface area contributed by atoms with Crippen LogP contribution in [0.2, 0.25) is 0 Å². The maximum Gasteiger partial charge on any atom is 0.261 e. The van der Waals surface area contributed by atoms with Gasteiger partial charge in [0.2, 0.25) is 0 Å². The summed E-state index contributed by atoms with van der Waals surface area (Å²) in [6.45, 7) is 6.69. The molecular weight excluding hydrogens is 318 g/mol. The van der Waals surface area contributed by atoms with Gasteiger partial charge in [0.1, 0.15) is 0 Å². The summed E-state index contributed by atoms with van der Waals surface area (Å²) in [4.78, 5) is 13.9. The highest BCUT2D eigenvalue weighted by Gasteiger charge is 2.07. The fourth-order valence-corrected chi connectivity index (χ4v) is 3.44. The Morgan fingerprint density at radius 1 is 1.12 bits per heavy atom. The molecule has 124 valence electrons. The molecule has 4 nitrogen and oxygen atoms in total. The Labute approximate surface area is 146 Å². The normalized spacial score (nSPS) is 10.8. The monoisotopic (exact) mass is 339 g/mol. The number of aromatic nitrogens is 2. The van der Waals surface area contributed by atoms with Crippen molar-refractivity contribution in [3.05, 3.63) is 69.2 Å². The van der Waals surface area contributed by atoms with Crippen molar-refractivity contribution < 1.29 is 4.79 Å². The quantitative estimate of drug-likeness (QED) is 0.768. The van der Waals surface area contributed by atoms with Gasteiger partial charge in [-0.2, -0.15) is 5.10 Å². The number of amides is 1. The van der Waals surface area contributed by atoms with Gasteiger partial charge in [-0.3, -0.25) is 4.79 Å². The predicted octanol–water partition coefficient (Wildman–Crippen LogP) is 3.83. The van der Waals surface area contributed by atoms with Crippen LogP contribution < -0.4 is 5.32 Å². The minimum Gasteiger partial charge on any atom is -0.351 e. The third-order valence-electron chi connectivity index (χ3n) is 3.85. The lowest BCUT2D eigenvalue weighted by Gasteiger charge is -2.07. The van der Waals surface area contributed by atoms with E-state index in [0.29, 0.717) is 6.54 Å². The van der Waals surface area contributed by atoms with Crippen LogP contribution in [0.3, 0.4) is 0 Å². The number of carbonyl (C=O) groups excluding carboxylic acids is 1. The number of nitrogens with one attached hydrogen (secondary N) is 1. The van der Waals surface area contributed by atoms with E-state index in [-0.39, 0.29) is 5.91 Å². The summed E-state index contributed by atoms with van der Waals surface area (Å²) in [5, 5.41) is 7.47. The molecule has 0 radical (unpaired) electrons. The maximum absolute atomic E-state index is 12.0. The van der Waals surface area contributed by atoms with Gasteiger partial charge in [-0.05, 0) is 63.1 Å². The first-order valence-corrected chi connectivity index (χ1v) is 8.82. The van der Waals surface area contributed by atoms with Crippen molar-refractivity contribution in [1.82, 2.24) is 15.1 Å². The number of rotatable bonds is 5. The summed E-state index contributed by atoms with van der Waals surface area (Å²) in [7, 11) is 0. The molecule has 1 aromatic carbocycles. The molecular formula is C19H21N3OS. The van der Waals surface area contributed by atoms with Gasteiger partial charge < -0.3 is 5.32 Å². The van der Waals surface area contributed by atoms with Crippen LogP contribution in [0.25, 0.3) is 5.69 Å². The van der Waals surface area contributed by atoms with Crippen molar-refractivity contribution in [1.29, 1.82) is 0 Å². The largest absolute Gasteiger partial charge is 0.351 e. The van der Waals surface area contributed by atoms with Crippen molar-refractivity contribution in [2.75, 3.05) is 6.54 Å². The SMILES string of the molecule is Cc1cc(C)n(-c2ccc(CCNC(=O)c3ccc(C)s3)cc2)n1. The molecule has 0 unspecified atom stereocenters. The Morgan fingerprint density at radius 3 is 2.46 bits per heavy atom. The summed E-state index contributed by atoms with van der Waals surface area (Å²) < 4.78 is 1.94. The molecule has 1 N–H and O–H groups in total. The van der Waals surface area contributed by atoms with Crippen LogP contribution in [0, 0.1) is 20.8 Å². The van der Waals surface area contributed by atoms with Gasteiger partial charge in [0.25, 0.3) is 5.91 Å². The van der Waals surface area contributed by atoms with Gasteiger partial charge in [0.05, 0.1) is 16.3 Å². The minimum absolute atomic E-state index is 0.00682. The summed E-state index contributed by atoms with van der Waals surface area (Å²) >= 11 is 1.52. The molecule has 5 heteroatoms. The Balaban J connectivity index is 1.57. The van der Waals surface area contributed by atoms with Gasteiger partial charge >= 0.3 is 0 Å². The molecule has 3 rings (SSSR count). The number of benzene rings is 1. The molecule has 24 heavy (non-hydrogen) atoms. The Bertz CT molecular complexity index is 846. The van der Waals surface area contributed by atoms with Gasteiger partial charge in [-0.1, -0.05) is 12.1 Å². The molecule has 0 bridgehead atoms. The average Bonchev–Trinajstić information content (AvgIpc) is 3.13. The zero-order valence-corrected chi connectivity index (χ0v) is 15.0. The smallest absolute Gasteiger partial charge is 0.261 e. The number of nitrogens with zero attached hydrogens (tertiary/aromatic N) is 2. The molecule has 0 spiro atoms.